The van der Waals surface area contributed by atoms with Gasteiger partial charge >= 0.3 is 0 Å². The van der Waals surface area contributed by atoms with E-state index in [1.165, 1.54) is 31.2 Å². The van der Waals surface area contributed by atoms with Gasteiger partial charge in [0.05, 0.1) is 0 Å². The molecule has 2 aliphatic carbocycles. The lowest BCUT2D eigenvalue weighted by molar-refractivity contribution is 0.480. The van der Waals surface area contributed by atoms with Crippen LogP contribution in [0.25, 0.3) is 0 Å². The first-order valence-corrected chi connectivity index (χ1v) is 7.03. The van der Waals surface area contributed by atoms with Gasteiger partial charge in [0.2, 0.25) is 0 Å². The van der Waals surface area contributed by atoms with Crippen molar-refractivity contribution in [1.29, 1.82) is 0 Å². The Labute approximate surface area is 106 Å². The van der Waals surface area contributed by atoms with Crippen LogP contribution in [0.15, 0.2) is 28.7 Å². The zero-order chi connectivity index (χ0) is 11.2. The highest BCUT2D eigenvalue weighted by molar-refractivity contribution is 9.10. The molecule has 0 bridgehead atoms. The third-order valence-corrected chi connectivity index (χ3v) is 4.93. The van der Waals surface area contributed by atoms with E-state index in [1.807, 2.05) is 0 Å². The van der Waals surface area contributed by atoms with Gasteiger partial charge in [0.15, 0.2) is 0 Å². The monoisotopic (exact) mass is 279 g/mol. The fraction of sp³-hybridized carbons (Fsp3) is 0.571. The zero-order valence-electron chi connectivity index (χ0n) is 9.45. The van der Waals surface area contributed by atoms with E-state index in [9.17, 15) is 0 Å². The van der Waals surface area contributed by atoms with Gasteiger partial charge in [-0.1, -0.05) is 40.9 Å². The standard InChI is InChI=1S/C14H18BrN/c15-11-5-3-4-10(8-11)9-14(16)12-6-1-2-7-13(12)14/h3-5,8,12-13H,1-2,6-7,9,16H2. The number of hydrogen-bond acceptors (Lipinski definition) is 1. The molecule has 2 unspecified atom stereocenters. The molecule has 1 nitrogen and oxygen atoms in total. The van der Waals surface area contributed by atoms with Crippen LogP contribution in [-0.4, -0.2) is 5.54 Å². The minimum atomic E-state index is 0.122. The van der Waals surface area contributed by atoms with Gasteiger partial charge in [0, 0.05) is 10.0 Å². The first kappa shape index (κ1) is 10.8. The molecule has 3 rings (SSSR count). The van der Waals surface area contributed by atoms with E-state index in [4.69, 9.17) is 5.73 Å². The SMILES string of the molecule is NC1(Cc2cccc(Br)c2)C2CCCCC21. The molecule has 0 saturated heterocycles. The summed E-state index contributed by atoms with van der Waals surface area (Å²) in [5.74, 6) is 1.61. The summed E-state index contributed by atoms with van der Waals surface area (Å²) in [6.07, 6.45) is 6.54. The van der Waals surface area contributed by atoms with Crippen LogP contribution in [0, 0.1) is 11.8 Å². The highest BCUT2D eigenvalue weighted by Gasteiger charge is 2.61. The average molecular weight is 280 g/mol. The molecule has 2 N–H and O–H groups in total. The summed E-state index contributed by atoms with van der Waals surface area (Å²) in [6.45, 7) is 0. The van der Waals surface area contributed by atoms with Crippen LogP contribution in [0.1, 0.15) is 31.2 Å². The minimum Gasteiger partial charge on any atom is -0.324 e. The van der Waals surface area contributed by atoms with Gasteiger partial charge in [0.25, 0.3) is 0 Å². The highest BCUT2D eigenvalue weighted by Crippen LogP contribution is 2.58. The second-order valence-corrected chi connectivity index (χ2v) is 6.33. The summed E-state index contributed by atoms with van der Waals surface area (Å²) in [6, 6.07) is 8.59. The highest BCUT2D eigenvalue weighted by atomic mass is 79.9. The second kappa shape index (κ2) is 3.85. The summed E-state index contributed by atoms with van der Waals surface area (Å²) < 4.78 is 1.16. The summed E-state index contributed by atoms with van der Waals surface area (Å²) >= 11 is 3.53. The van der Waals surface area contributed by atoms with E-state index in [-0.39, 0.29) is 5.54 Å². The molecule has 0 heterocycles. The maximum Gasteiger partial charge on any atom is 0.0259 e. The van der Waals surface area contributed by atoms with E-state index in [1.54, 1.807) is 0 Å². The minimum absolute atomic E-state index is 0.122. The number of halogens is 1. The van der Waals surface area contributed by atoms with E-state index in [0.717, 1.165) is 22.7 Å². The maximum absolute atomic E-state index is 6.56. The van der Waals surface area contributed by atoms with Crippen LogP contribution in [0.5, 0.6) is 0 Å². The molecular formula is C14H18BrN. The Kier molecular flexibility index (Phi) is 2.60. The number of nitrogens with two attached hydrogens (primary N) is 1. The van der Waals surface area contributed by atoms with Gasteiger partial charge in [0.1, 0.15) is 0 Å². The zero-order valence-corrected chi connectivity index (χ0v) is 11.0. The number of benzene rings is 1. The lowest BCUT2D eigenvalue weighted by Crippen LogP contribution is -2.29. The predicted molar refractivity (Wildman–Crippen MR) is 70.2 cm³/mol. The van der Waals surface area contributed by atoms with Crippen LogP contribution >= 0.6 is 15.9 Å². The van der Waals surface area contributed by atoms with Crippen molar-refractivity contribution in [1.82, 2.24) is 0 Å². The van der Waals surface area contributed by atoms with Gasteiger partial charge in [-0.05, 0) is 48.8 Å². The van der Waals surface area contributed by atoms with Crippen LogP contribution in [-0.2, 0) is 6.42 Å². The average Bonchev–Trinajstić information content (AvgIpc) is 2.85. The molecule has 2 saturated carbocycles. The Balaban J connectivity index is 1.76. The molecule has 2 aliphatic rings. The fourth-order valence-electron chi connectivity index (χ4n) is 3.56. The van der Waals surface area contributed by atoms with Crippen LogP contribution in [0.2, 0.25) is 0 Å². The quantitative estimate of drug-likeness (QED) is 0.881. The van der Waals surface area contributed by atoms with Crippen molar-refractivity contribution in [3.8, 4) is 0 Å². The fourth-order valence-corrected chi connectivity index (χ4v) is 4.01. The molecule has 2 heteroatoms. The Bertz CT molecular complexity index is 389. The lowest BCUT2D eigenvalue weighted by atomic mass is 10.0. The Morgan fingerprint density at radius 2 is 1.94 bits per heavy atom. The molecule has 1 aromatic carbocycles. The second-order valence-electron chi connectivity index (χ2n) is 5.42. The summed E-state index contributed by atoms with van der Waals surface area (Å²) in [7, 11) is 0. The molecule has 0 amide bonds. The summed E-state index contributed by atoms with van der Waals surface area (Å²) in [5.41, 5.74) is 8.07. The smallest absolute Gasteiger partial charge is 0.0259 e. The third kappa shape index (κ3) is 1.72. The first-order chi connectivity index (χ1) is 7.70. The topological polar surface area (TPSA) is 26.0 Å². The number of rotatable bonds is 2. The first-order valence-electron chi connectivity index (χ1n) is 6.23. The van der Waals surface area contributed by atoms with Gasteiger partial charge in [-0.25, -0.2) is 0 Å². The number of hydrogen-bond donors (Lipinski definition) is 1. The Morgan fingerprint density at radius 3 is 2.56 bits per heavy atom. The third-order valence-electron chi connectivity index (χ3n) is 4.44. The molecule has 0 spiro atoms. The van der Waals surface area contributed by atoms with Crippen molar-refractivity contribution < 1.29 is 0 Å². The van der Waals surface area contributed by atoms with Gasteiger partial charge in [-0.15, -0.1) is 0 Å². The van der Waals surface area contributed by atoms with Crippen molar-refractivity contribution in [2.75, 3.05) is 0 Å². The van der Waals surface area contributed by atoms with Crippen LogP contribution < -0.4 is 5.73 Å². The summed E-state index contributed by atoms with van der Waals surface area (Å²) in [5, 5.41) is 0. The van der Waals surface area contributed by atoms with Crippen molar-refractivity contribution in [2.24, 2.45) is 17.6 Å². The van der Waals surface area contributed by atoms with Crippen molar-refractivity contribution in [3.05, 3.63) is 34.3 Å². The Hall–Kier alpha value is -0.340. The molecule has 1 aromatic rings. The van der Waals surface area contributed by atoms with E-state index in [0.29, 0.717) is 0 Å². The van der Waals surface area contributed by atoms with E-state index < -0.39 is 0 Å². The van der Waals surface area contributed by atoms with E-state index >= 15 is 0 Å². The molecule has 16 heavy (non-hydrogen) atoms. The van der Waals surface area contributed by atoms with Crippen molar-refractivity contribution >= 4 is 15.9 Å². The number of fused-ring (bicyclic) bond motifs is 1. The van der Waals surface area contributed by atoms with Gasteiger partial charge in [-0.2, -0.15) is 0 Å². The molecule has 2 atom stereocenters. The molecule has 0 radical (unpaired) electrons. The van der Waals surface area contributed by atoms with Crippen molar-refractivity contribution in [3.63, 3.8) is 0 Å². The predicted octanol–water partition coefficient (Wildman–Crippen LogP) is 3.51. The molecule has 86 valence electrons. The van der Waals surface area contributed by atoms with Gasteiger partial charge < -0.3 is 5.73 Å². The summed E-state index contributed by atoms with van der Waals surface area (Å²) in [4.78, 5) is 0. The molecule has 2 fully saturated rings. The lowest BCUT2D eigenvalue weighted by Gasteiger charge is -2.12. The van der Waals surface area contributed by atoms with Crippen LogP contribution in [0.4, 0.5) is 0 Å². The molecular weight excluding hydrogens is 262 g/mol. The van der Waals surface area contributed by atoms with Crippen LogP contribution in [0.3, 0.4) is 0 Å². The van der Waals surface area contributed by atoms with E-state index in [2.05, 4.69) is 40.2 Å². The maximum atomic E-state index is 6.56. The Morgan fingerprint density at radius 1 is 1.25 bits per heavy atom. The van der Waals surface area contributed by atoms with Gasteiger partial charge in [-0.3, -0.25) is 0 Å². The molecule has 0 aromatic heterocycles. The normalized spacial score (nSPS) is 36.9. The van der Waals surface area contributed by atoms with Crippen molar-refractivity contribution in [2.45, 2.75) is 37.6 Å². The largest absolute Gasteiger partial charge is 0.324 e. The molecule has 0 aliphatic heterocycles.